The molecule has 7 nitrogen and oxygen atoms in total. The Morgan fingerprint density at radius 3 is 2.31 bits per heavy atom. The van der Waals surface area contributed by atoms with Gasteiger partial charge in [0.2, 0.25) is 0 Å². The van der Waals surface area contributed by atoms with Crippen molar-refractivity contribution >= 4 is 23.2 Å². The zero-order chi connectivity index (χ0) is 20.6. The first-order valence-electron chi connectivity index (χ1n) is 9.83. The van der Waals surface area contributed by atoms with E-state index in [-0.39, 0.29) is 0 Å². The number of piperazine rings is 1. The maximum absolute atomic E-state index is 12.0. The summed E-state index contributed by atoms with van der Waals surface area (Å²) in [4.78, 5) is 28.7. The molecule has 1 fully saturated rings. The van der Waals surface area contributed by atoms with Crippen molar-refractivity contribution in [3.63, 3.8) is 0 Å². The number of nitrogens with one attached hydrogen (secondary N) is 2. The first-order valence-corrected chi connectivity index (χ1v) is 9.83. The number of carbonyl (C=O) groups excluding carboxylic acids is 2. The number of para-hydroxylation sites is 1. The molecule has 2 N–H and O–H groups in total. The third kappa shape index (κ3) is 5.71. The Labute approximate surface area is 171 Å². The molecular weight excluding hydrogens is 368 g/mol. The van der Waals surface area contributed by atoms with Crippen LogP contribution in [0, 0.1) is 6.92 Å². The number of amides is 2. The van der Waals surface area contributed by atoms with E-state index in [4.69, 9.17) is 4.74 Å². The van der Waals surface area contributed by atoms with Crippen LogP contribution in [-0.2, 0) is 9.59 Å². The largest absolute Gasteiger partial charge is 0.497 e. The molecule has 2 aromatic rings. The highest BCUT2D eigenvalue weighted by Crippen LogP contribution is 2.20. The quantitative estimate of drug-likeness (QED) is 0.730. The summed E-state index contributed by atoms with van der Waals surface area (Å²) in [6.07, 6.45) is 0. The maximum atomic E-state index is 12.0. The van der Waals surface area contributed by atoms with E-state index in [2.05, 4.69) is 32.6 Å². The molecule has 29 heavy (non-hydrogen) atoms. The maximum Gasteiger partial charge on any atom is 0.313 e. The summed E-state index contributed by atoms with van der Waals surface area (Å²) in [5, 5.41) is 5.36. The number of hydrogen-bond donors (Lipinski definition) is 2. The second-order valence-corrected chi connectivity index (χ2v) is 7.05. The molecule has 0 unspecified atom stereocenters. The van der Waals surface area contributed by atoms with Gasteiger partial charge in [0, 0.05) is 50.6 Å². The second kappa shape index (κ2) is 9.93. The van der Waals surface area contributed by atoms with Crippen LogP contribution in [0.1, 0.15) is 5.56 Å². The van der Waals surface area contributed by atoms with Crippen LogP contribution in [0.3, 0.4) is 0 Å². The molecule has 2 aromatic carbocycles. The molecule has 0 bridgehead atoms. The fourth-order valence-corrected chi connectivity index (χ4v) is 3.32. The van der Waals surface area contributed by atoms with E-state index in [1.807, 2.05) is 37.3 Å². The minimum atomic E-state index is -0.636. The van der Waals surface area contributed by atoms with E-state index in [9.17, 15) is 9.59 Å². The second-order valence-electron chi connectivity index (χ2n) is 7.05. The van der Waals surface area contributed by atoms with Gasteiger partial charge in [0.15, 0.2) is 0 Å². The van der Waals surface area contributed by atoms with Crippen LogP contribution in [0.15, 0.2) is 48.5 Å². The van der Waals surface area contributed by atoms with Crippen LogP contribution in [0.25, 0.3) is 0 Å². The van der Waals surface area contributed by atoms with Crippen molar-refractivity contribution in [2.24, 2.45) is 0 Å². The summed E-state index contributed by atoms with van der Waals surface area (Å²) in [5.41, 5.74) is 2.76. The number of rotatable bonds is 6. The third-order valence-electron chi connectivity index (χ3n) is 5.12. The number of nitrogens with zero attached hydrogens (tertiary/aromatic N) is 2. The van der Waals surface area contributed by atoms with Crippen LogP contribution in [0.2, 0.25) is 0 Å². The standard InChI is InChI=1S/C22H28N4O3/c1-17-5-3-4-6-20(17)24-22(28)21(27)23-11-12-25-13-15-26(16-14-25)18-7-9-19(29-2)10-8-18/h3-10H,11-16H2,1-2H3,(H,23,27)(H,24,28). The van der Waals surface area contributed by atoms with Crippen molar-refractivity contribution in [1.29, 1.82) is 0 Å². The molecule has 0 aromatic heterocycles. The van der Waals surface area contributed by atoms with Gasteiger partial charge in [-0.3, -0.25) is 14.5 Å². The Kier molecular flexibility index (Phi) is 7.08. The summed E-state index contributed by atoms with van der Waals surface area (Å²) >= 11 is 0. The average molecular weight is 396 g/mol. The zero-order valence-corrected chi connectivity index (χ0v) is 17.0. The summed E-state index contributed by atoms with van der Waals surface area (Å²) in [6, 6.07) is 15.5. The molecule has 1 aliphatic heterocycles. The topological polar surface area (TPSA) is 73.9 Å². The van der Waals surface area contributed by atoms with Gasteiger partial charge in [-0.15, -0.1) is 0 Å². The molecule has 154 valence electrons. The monoisotopic (exact) mass is 396 g/mol. The minimum absolute atomic E-state index is 0.447. The van der Waals surface area contributed by atoms with E-state index in [0.717, 1.165) is 44.0 Å². The van der Waals surface area contributed by atoms with Gasteiger partial charge in [0.05, 0.1) is 7.11 Å². The lowest BCUT2D eigenvalue weighted by molar-refractivity contribution is -0.136. The Morgan fingerprint density at radius 1 is 0.966 bits per heavy atom. The first kappa shape index (κ1) is 20.7. The Hall–Kier alpha value is -3.06. The molecule has 1 aliphatic rings. The van der Waals surface area contributed by atoms with Gasteiger partial charge in [0.25, 0.3) is 0 Å². The van der Waals surface area contributed by atoms with Gasteiger partial charge in [-0.2, -0.15) is 0 Å². The van der Waals surface area contributed by atoms with Gasteiger partial charge < -0.3 is 20.3 Å². The first-order chi connectivity index (χ1) is 14.1. The summed E-state index contributed by atoms with van der Waals surface area (Å²) in [6.45, 7) is 6.73. The lowest BCUT2D eigenvalue weighted by Crippen LogP contribution is -2.49. The number of anilines is 2. The molecule has 1 heterocycles. The number of aryl methyl sites for hydroxylation is 1. The molecule has 0 saturated carbocycles. The van der Waals surface area contributed by atoms with Gasteiger partial charge in [0.1, 0.15) is 5.75 Å². The van der Waals surface area contributed by atoms with Crippen LogP contribution in [-0.4, -0.2) is 63.1 Å². The Bertz CT molecular complexity index is 830. The molecule has 0 spiro atoms. The van der Waals surface area contributed by atoms with E-state index in [1.165, 1.54) is 5.69 Å². The van der Waals surface area contributed by atoms with E-state index in [0.29, 0.717) is 12.2 Å². The van der Waals surface area contributed by atoms with Crippen molar-refractivity contribution in [2.45, 2.75) is 6.92 Å². The molecule has 2 amide bonds. The van der Waals surface area contributed by atoms with Crippen LogP contribution in [0.5, 0.6) is 5.75 Å². The fraction of sp³-hybridized carbons (Fsp3) is 0.364. The number of ether oxygens (including phenoxy) is 1. The fourth-order valence-electron chi connectivity index (χ4n) is 3.32. The van der Waals surface area contributed by atoms with Gasteiger partial charge in [-0.25, -0.2) is 0 Å². The molecular formula is C22H28N4O3. The summed E-state index contributed by atoms with van der Waals surface area (Å²) in [7, 11) is 1.67. The van der Waals surface area contributed by atoms with Crippen molar-refractivity contribution in [2.75, 3.05) is 56.6 Å². The lowest BCUT2D eigenvalue weighted by Gasteiger charge is -2.36. The van der Waals surface area contributed by atoms with Crippen molar-refractivity contribution in [3.8, 4) is 5.75 Å². The van der Waals surface area contributed by atoms with E-state index < -0.39 is 11.8 Å². The van der Waals surface area contributed by atoms with Gasteiger partial charge >= 0.3 is 11.8 Å². The summed E-state index contributed by atoms with van der Waals surface area (Å²) < 4.78 is 5.20. The van der Waals surface area contributed by atoms with Crippen molar-refractivity contribution < 1.29 is 14.3 Å². The highest BCUT2D eigenvalue weighted by Gasteiger charge is 2.18. The molecule has 3 rings (SSSR count). The van der Waals surface area contributed by atoms with Gasteiger partial charge in [-0.05, 0) is 42.8 Å². The average Bonchev–Trinajstić information content (AvgIpc) is 2.76. The minimum Gasteiger partial charge on any atom is -0.497 e. The van der Waals surface area contributed by atoms with E-state index >= 15 is 0 Å². The zero-order valence-electron chi connectivity index (χ0n) is 17.0. The lowest BCUT2D eigenvalue weighted by atomic mass is 10.2. The van der Waals surface area contributed by atoms with E-state index in [1.54, 1.807) is 13.2 Å². The number of benzene rings is 2. The number of carbonyl (C=O) groups is 2. The third-order valence-corrected chi connectivity index (χ3v) is 5.12. The highest BCUT2D eigenvalue weighted by molar-refractivity contribution is 6.39. The van der Waals surface area contributed by atoms with Crippen molar-refractivity contribution in [1.82, 2.24) is 10.2 Å². The van der Waals surface area contributed by atoms with Crippen LogP contribution >= 0.6 is 0 Å². The normalized spacial score (nSPS) is 14.3. The van der Waals surface area contributed by atoms with Crippen LogP contribution in [0.4, 0.5) is 11.4 Å². The molecule has 1 saturated heterocycles. The smallest absolute Gasteiger partial charge is 0.313 e. The highest BCUT2D eigenvalue weighted by atomic mass is 16.5. The predicted octanol–water partition coefficient (Wildman–Crippen LogP) is 1.88. The van der Waals surface area contributed by atoms with Gasteiger partial charge in [-0.1, -0.05) is 18.2 Å². The van der Waals surface area contributed by atoms with Crippen molar-refractivity contribution in [3.05, 3.63) is 54.1 Å². The van der Waals surface area contributed by atoms with Crippen LogP contribution < -0.4 is 20.3 Å². The molecule has 0 radical (unpaired) electrons. The number of hydrogen-bond acceptors (Lipinski definition) is 5. The molecule has 0 atom stereocenters. The SMILES string of the molecule is COc1ccc(N2CCN(CCNC(=O)C(=O)Nc3ccccc3C)CC2)cc1. The molecule has 7 heteroatoms. The summed E-state index contributed by atoms with van der Waals surface area (Å²) in [5.74, 6) is -0.386. The Balaban J connectivity index is 1.37. The Morgan fingerprint density at radius 2 is 1.66 bits per heavy atom. The molecule has 0 aliphatic carbocycles. The predicted molar refractivity (Wildman–Crippen MR) is 114 cm³/mol. The number of methoxy groups -OCH3 is 1.